The number of rotatable bonds is 10. The minimum Gasteiger partial charge on any atom is -0.477 e. The summed E-state index contributed by atoms with van der Waals surface area (Å²) in [7, 11) is 1.74. The first-order valence-corrected chi connectivity index (χ1v) is 11.2. The maximum atomic E-state index is 13.8. The number of nitrogens with one attached hydrogen (secondary N) is 1. The number of benzene rings is 1. The van der Waals surface area contributed by atoms with Crippen molar-refractivity contribution in [1.29, 1.82) is 0 Å². The average molecular weight is 462 g/mol. The van der Waals surface area contributed by atoms with E-state index in [4.69, 9.17) is 9.47 Å². The summed E-state index contributed by atoms with van der Waals surface area (Å²) in [4.78, 5) is 41.8. The first-order valence-electron chi connectivity index (χ1n) is 11.2. The van der Waals surface area contributed by atoms with Gasteiger partial charge in [-0.05, 0) is 46.6 Å². The molecular formula is C25H39N3O5. The van der Waals surface area contributed by atoms with Crippen molar-refractivity contribution in [3.63, 3.8) is 0 Å². The highest BCUT2D eigenvalue weighted by atomic mass is 16.6. The van der Waals surface area contributed by atoms with Gasteiger partial charge in [-0.3, -0.25) is 9.69 Å². The Morgan fingerprint density at radius 3 is 2.18 bits per heavy atom. The summed E-state index contributed by atoms with van der Waals surface area (Å²) in [5.41, 5.74) is -1.24. The quantitative estimate of drug-likeness (QED) is 0.321. The molecule has 3 amide bonds. The van der Waals surface area contributed by atoms with Crippen molar-refractivity contribution in [3.8, 4) is 0 Å². The van der Waals surface area contributed by atoms with E-state index in [-0.39, 0.29) is 0 Å². The fraction of sp³-hybridized carbons (Fsp3) is 0.560. The molecule has 1 unspecified atom stereocenters. The van der Waals surface area contributed by atoms with Gasteiger partial charge in [0.2, 0.25) is 5.91 Å². The molecule has 0 spiro atoms. The van der Waals surface area contributed by atoms with Crippen LogP contribution in [0.4, 0.5) is 4.79 Å². The lowest BCUT2D eigenvalue weighted by molar-refractivity contribution is -0.169. The molecule has 0 aliphatic carbocycles. The molecule has 1 atom stereocenters. The van der Waals surface area contributed by atoms with Crippen molar-refractivity contribution >= 4 is 17.9 Å². The maximum Gasteiger partial charge on any atom is 0.332 e. The van der Waals surface area contributed by atoms with Gasteiger partial charge in [-0.1, -0.05) is 37.3 Å². The molecule has 0 aromatic heterocycles. The van der Waals surface area contributed by atoms with E-state index in [1.165, 1.54) is 31.9 Å². The normalized spacial score (nSPS) is 12.7. The minimum absolute atomic E-state index is 0.295. The van der Waals surface area contributed by atoms with Gasteiger partial charge in [-0.25, -0.2) is 14.5 Å². The zero-order valence-electron chi connectivity index (χ0n) is 21.2. The molecule has 0 fully saturated rings. The van der Waals surface area contributed by atoms with Gasteiger partial charge in [-0.15, -0.1) is 0 Å². The van der Waals surface area contributed by atoms with Crippen LogP contribution < -0.4 is 5.32 Å². The lowest BCUT2D eigenvalue weighted by Gasteiger charge is -2.40. The Labute approximate surface area is 197 Å². The van der Waals surface area contributed by atoms with Crippen molar-refractivity contribution in [2.24, 2.45) is 0 Å². The third kappa shape index (κ3) is 8.44. The van der Waals surface area contributed by atoms with E-state index in [2.05, 4.69) is 5.32 Å². The highest BCUT2D eigenvalue weighted by Crippen LogP contribution is 2.24. The van der Waals surface area contributed by atoms with Crippen molar-refractivity contribution in [3.05, 3.63) is 48.4 Å². The van der Waals surface area contributed by atoms with E-state index in [1.54, 1.807) is 34.0 Å². The van der Waals surface area contributed by atoms with Crippen molar-refractivity contribution in [2.45, 2.75) is 78.7 Å². The molecule has 0 saturated heterocycles. The number of hydrogen-bond acceptors (Lipinski definition) is 6. The number of nitrogens with zero attached hydrogens (tertiary/aromatic N) is 2. The molecule has 0 heterocycles. The molecule has 8 nitrogen and oxygen atoms in total. The molecule has 184 valence electrons. The van der Waals surface area contributed by atoms with Crippen LogP contribution in [-0.4, -0.2) is 58.7 Å². The van der Waals surface area contributed by atoms with Crippen LogP contribution in [0.2, 0.25) is 0 Å². The molecule has 1 aromatic rings. The summed E-state index contributed by atoms with van der Waals surface area (Å²) < 4.78 is 11.3. The van der Waals surface area contributed by atoms with E-state index >= 15 is 0 Å². The number of imide groups is 1. The number of carbonyl (C=O) groups excluding carboxylic acids is 3. The third-order valence-corrected chi connectivity index (χ3v) is 4.86. The number of hydrogen-bond donors (Lipinski definition) is 1. The molecule has 1 N–H and O–H groups in total. The third-order valence-electron chi connectivity index (χ3n) is 4.86. The predicted octanol–water partition coefficient (Wildman–Crippen LogP) is 4.06. The van der Waals surface area contributed by atoms with E-state index in [0.717, 1.165) is 10.5 Å². The van der Waals surface area contributed by atoms with E-state index < -0.39 is 35.3 Å². The van der Waals surface area contributed by atoms with Gasteiger partial charge >= 0.3 is 12.0 Å². The number of ether oxygens (including phenoxy) is 2. The Hall–Kier alpha value is -3.03. The lowest BCUT2D eigenvalue weighted by atomic mass is 10.0. The molecule has 1 rings (SSSR count). The standard InChI is InChI=1S/C25H39N3O5/c1-9-21(32-18-16-26-8)27(17-15-20-13-11-10-12-14-20)23(31)28(19(2)29)25(6,7)22(30)33-24(3,4)5/h10-14,16,18,21,26H,9,15,17H2,1-8H3/b18-16-. The summed E-state index contributed by atoms with van der Waals surface area (Å²) in [6.07, 6.45) is 3.47. The predicted molar refractivity (Wildman–Crippen MR) is 128 cm³/mol. The molecular weight excluding hydrogens is 422 g/mol. The Bertz CT molecular complexity index is 815. The van der Waals surface area contributed by atoms with Gasteiger partial charge in [0, 0.05) is 33.1 Å². The van der Waals surface area contributed by atoms with Crippen LogP contribution in [-0.2, 0) is 25.5 Å². The van der Waals surface area contributed by atoms with Gasteiger partial charge in [0.1, 0.15) is 17.4 Å². The second-order valence-electron chi connectivity index (χ2n) is 9.22. The summed E-state index contributed by atoms with van der Waals surface area (Å²) in [5, 5.41) is 2.84. The van der Waals surface area contributed by atoms with E-state index in [9.17, 15) is 14.4 Å². The van der Waals surface area contributed by atoms with Crippen LogP contribution in [0.25, 0.3) is 0 Å². The van der Waals surface area contributed by atoms with Gasteiger partial charge in [-0.2, -0.15) is 0 Å². The monoisotopic (exact) mass is 461 g/mol. The first-order chi connectivity index (χ1) is 15.3. The van der Waals surface area contributed by atoms with Gasteiger partial charge in [0.15, 0.2) is 6.23 Å². The molecule has 0 radical (unpaired) electrons. The smallest absolute Gasteiger partial charge is 0.332 e. The minimum atomic E-state index is -1.51. The maximum absolute atomic E-state index is 13.8. The topological polar surface area (TPSA) is 88.2 Å². The van der Waals surface area contributed by atoms with Crippen LogP contribution in [0.3, 0.4) is 0 Å². The molecule has 33 heavy (non-hydrogen) atoms. The van der Waals surface area contributed by atoms with E-state index in [0.29, 0.717) is 19.4 Å². The highest BCUT2D eigenvalue weighted by molar-refractivity contribution is 5.99. The second kappa shape index (κ2) is 12.3. The van der Waals surface area contributed by atoms with Crippen molar-refractivity contribution in [2.75, 3.05) is 13.6 Å². The number of amides is 3. The molecule has 0 bridgehead atoms. The molecule has 0 saturated carbocycles. The molecule has 0 aliphatic rings. The largest absolute Gasteiger partial charge is 0.477 e. The molecule has 0 aliphatic heterocycles. The SMILES string of the molecule is CCC(O/C=C\NC)N(CCc1ccccc1)C(=O)N(C(C)=O)C(C)(C)C(=O)OC(C)(C)C. The summed E-state index contributed by atoms with van der Waals surface area (Å²) in [5.74, 6) is -1.22. The van der Waals surface area contributed by atoms with Crippen molar-refractivity contribution in [1.82, 2.24) is 15.1 Å². The fourth-order valence-corrected chi connectivity index (χ4v) is 3.24. The zero-order valence-corrected chi connectivity index (χ0v) is 21.2. The van der Waals surface area contributed by atoms with Crippen LogP contribution in [0, 0.1) is 0 Å². The summed E-state index contributed by atoms with van der Waals surface area (Å²) >= 11 is 0. The van der Waals surface area contributed by atoms with Gasteiger partial charge in [0.25, 0.3) is 0 Å². The Morgan fingerprint density at radius 1 is 1.09 bits per heavy atom. The Kier molecular flexibility index (Phi) is 10.4. The summed E-state index contributed by atoms with van der Waals surface area (Å²) in [6.45, 7) is 11.7. The Balaban J connectivity index is 3.32. The zero-order chi connectivity index (χ0) is 25.2. The van der Waals surface area contributed by atoms with Crippen LogP contribution in [0.5, 0.6) is 0 Å². The van der Waals surface area contributed by atoms with Crippen molar-refractivity contribution < 1.29 is 23.9 Å². The highest BCUT2D eigenvalue weighted by Gasteiger charge is 2.45. The first kappa shape index (κ1) is 28.0. The second-order valence-corrected chi connectivity index (χ2v) is 9.22. The summed E-state index contributed by atoms with van der Waals surface area (Å²) in [6, 6.07) is 9.11. The number of urea groups is 1. The van der Waals surface area contributed by atoms with Crippen LogP contribution in [0.15, 0.2) is 42.8 Å². The lowest BCUT2D eigenvalue weighted by Crippen LogP contribution is -2.61. The van der Waals surface area contributed by atoms with Crippen LogP contribution >= 0.6 is 0 Å². The fourth-order valence-electron chi connectivity index (χ4n) is 3.24. The average Bonchev–Trinajstić information content (AvgIpc) is 2.71. The number of esters is 1. The van der Waals surface area contributed by atoms with Gasteiger partial charge < -0.3 is 14.8 Å². The van der Waals surface area contributed by atoms with E-state index in [1.807, 2.05) is 37.3 Å². The van der Waals surface area contributed by atoms with Crippen LogP contribution in [0.1, 0.15) is 60.5 Å². The Morgan fingerprint density at radius 2 is 1.70 bits per heavy atom. The molecule has 1 aromatic carbocycles. The van der Waals surface area contributed by atoms with Gasteiger partial charge in [0.05, 0.1) is 0 Å². The number of carbonyl (C=O) groups is 3. The molecule has 8 heteroatoms.